The molecule has 0 spiro atoms. The minimum Gasteiger partial charge on any atom is -0.382 e. The first-order valence-electron chi connectivity index (χ1n) is 4.75. The average Bonchev–Trinajstić information content (AvgIpc) is 2.58. The fourth-order valence-electron chi connectivity index (χ4n) is 1.50. The predicted molar refractivity (Wildman–Crippen MR) is 62.4 cm³/mol. The molecule has 0 saturated heterocycles. The maximum atomic E-state index is 13.3. The summed E-state index contributed by atoms with van der Waals surface area (Å²) in [6.07, 6.45) is 0. The van der Waals surface area contributed by atoms with Gasteiger partial charge in [-0.1, -0.05) is 11.6 Å². The number of hydrogen-bond donors (Lipinski definition) is 1. The van der Waals surface area contributed by atoms with E-state index in [1.807, 2.05) is 6.07 Å². The highest BCUT2D eigenvalue weighted by Gasteiger charge is 2.14. The molecule has 1 aromatic carbocycles. The lowest BCUT2D eigenvalue weighted by Gasteiger charge is -2.04. The van der Waals surface area contributed by atoms with Crippen LogP contribution >= 0.6 is 11.6 Å². The number of nitriles is 1. The minimum atomic E-state index is -0.560. The molecule has 2 N–H and O–H groups in total. The third kappa shape index (κ3) is 1.83. The standard InChI is InChI=1S/C11H8ClFN4/c1-6-8(5-14)11(15)17(16-6)7-2-3-9(12)10(13)4-7/h2-4H,15H2,1H3. The van der Waals surface area contributed by atoms with E-state index in [2.05, 4.69) is 5.10 Å². The first-order valence-corrected chi connectivity index (χ1v) is 5.13. The second kappa shape index (κ2) is 4.07. The number of halogens is 2. The van der Waals surface area contributed by atoms with Gasteiger partial charge in [0.15, 0.2) is 0 Å². The van der Waals surface area contributed by atoms with Crippen molar-refractivity contribution in [2.75, 3.05) is 5.73 Å². The Bertz CT molecular complexity index is 627. The zero-order chi connectivity index (χ0) is 12.6. The normalized spacial score (nSPS) is 10.2. The van der Waals surface area contributed by atoms with Gasteiger partial charge in [-0.15, -0.1) is 0 Å². The Labute approximate surface area is 102 Å². The van der Waals surface area contributed by atoms with Crippen LogP contribution in [0.2, 0.25) is 5.02 Å². The predicted octanol–water partition coefficient (Wildman–Crippen LogP) is 2.43. The van der Waals surface area contributed by atoms with Crippen molar-refractivity contribution in [1.29, 1.82) is 5.26 Å². The van der Waals surface area contributed by atoms with Gasteiger partial charge in [0.1, 0.15) is 23.3 Å². The van der Waals surface area contributed by atoms with Crippen molar-refractivity contribution in [3.05, 3.63) is 40.3 Å². The Morgan fingerprint density at radius 1 is 1.53 bits per heavy atom. The van der Waals surface area contributed by atoms with Crippen LogP contribution in [0.15, 0.2) is 18.2 Å². The van der Waals surface area contributed by atoms with Gasteiger partial charge in [0.25, 0.3) is 0 Å². The van der Waals surface area contributed by atoms with Crippen molar-refractivity contribution < 1.29 is 4.39 Å². The summed E-state index contributed by atoms with van der Waals surface area (Å²) in [6, 6.07) is 6.16. The van der Waals surface area contributed by atoms with Crippen LogP contribution in [0.4, 0.5) is 10.2 Å². The largest absolute Gasteiger partial charge is 0.382 e. The van der Waals surface area contributed by atoms with Crippen LogP contribution in [0.25, 0.3) is 5.69 Å². The van der Waals surface area contributed by atoms with Crippen LogP contribution < -0.4 is 5.73 Å². The molecule has 17 heavy (non-hydrogen) atoms. The maximum absolute atomic E-state index is 13.3. The molecule has 0 amide bonds. The van der Waals surface area contributed by atoms with E-state index in [4.69, 9.17) is 22.6 Å². The third-order valence-electron chi connectivity index (χ3n) is 2.36. The number of aromatic nitrogens is 2. The van der Waals surface area contributed by atoms with Crippen molar-refractivity contribution >= 4 is 17.4 Å². The van der Waals surface area contributed by atoms with Gasteiger partial charge in [0.05, 0.1) is 16.4 Å². The van der Waals surface area contributed by atoms with E-state index in [1.54, 1.807) is 13.0 Å². The average molecular weight is 251 g/mol. The lowest BCUT2D eigenvalue weighted by molar-refractivity contribution is 0.626. The molecule has 0 atom stereocenters. The summed E-state index contributed by atoms with van der Waals surface area (Å²) >= 11 is 5.58. The fourth-order valence-corrected chi connectivity index (χ4v) is 1.61. The summed E-state index contributed by atoms with van der Waals surface area (Å²) in [7, 11) is 0. The van der Waals surface area contributed by atoms with Crippen molar-refractivity contribution in [2.45, 2.75) is 6.92 Å². The molecule has 6 heteroatoms. The van der Waals surface area contributed by atoms with Crippen molar-refractivity contribution in [3.63, 3.8) is 0 Å². The Morgan fingerprint density at radius 2 is 2.24 bits per heavy atom. The number of benzene rings is 1. The van der Waals surface area contributed by atoms with Gasteiger partial charge in [-0.2, -0.15) is 10.4 Å². The summed E-state index contributed by atoms with van der Waals surface area (Å²) < 4.78 is 14.6. The van der Waals surface area contributed by atoms with Gasteiger partial charge in [0, 0.05) is 6.07 Å². The molecule has 0 saturated carbocycles. The molecule has 0 aliphatic heterocycles. The Morgan fingerprint density at radius 3 is 2.76 bits per heavy atom. The molecule has 0 aliphatic rings. The summed E-state index contributed by atoms with van der Waals surface area (Å²) in [5.74, 6) is -0.373. The summed E-state index contributed by atoms with van der Waals surface area (Å²) in [4.78, 5) is 0. The topological polar surface area (TPSA) is 67.6 Å². The van der Waals surface area contributed by atoms with Crippen LogP contribution in [-0.4, -0.2) is 9.78 Å². The van der Waals surface area contributed by atoms with Gasteiger partial charge in [-0.05, 0) is 19.1 Å². The molecular formula is C11H8ClFN4. The van der Waals surface area contributed by atoms with Crippen molar-refractivity contribution in [1.82, 2.24) is 9.78 Å². The van der Waals surface area contributed by atoms with E-state index in [0.717, 1.165) is 0 Å². The van der Waals surface area contributed by atoms with E-state index in [0.29, 0.717) is 16.9 Å². The van der Waals surface area contributed by atoms with Gasteiger partial charge >= 0.3 is 0 Å². The molecule has 4 nitrogen and oxygen atoms in total. The zero-order valence-electron chi connectivity index (χ0n) is 8.91. The number of hydrogen-bond acceptors (Lipinski definition) is 3. The van der Waals surface area contributed by atoms with Crippen LogP contribution in [0.5, 0.6) is 0 Å². The molecule has 1 aromatic heterocycles. The molecule has 86 valence electrons. The molecule has 0 fully saturated rings. The smallest absolute Gasteiger partial charge is 0.145 e. The van der Waals surface area contributed by atoms with Crippen LogP contribution in [0, 0.1) is 24.1 Å². The second-order valence-electron chi connectivity index (χ2n) is 3.47. The molecule has 2 rings (SSSR count). The van der Waals surface area contributed by atoms with Crippen LogP contribution in [0.3, 0.4) is 0 Å². The van der Waals surface area contributed by atoms with E-state index < -0.39 is 5.82 Å². The fraction of sp³-hybridized carbons (Fsp3) is 0.0909. The Kier molecular flexibility index (Phi) is 2.74. The summed E-state index contributed by atoms with van der Waals surface area (Å²) in [6.45, 7) is 1.66. The van der Waals surface area contributed by atoms with Gasteiger partial charge in [0.2, 0.25) is 0 Å². The second-order valence-corrected chi connectivity index (χ2v) is 3.87. The van der Waals surface area contributed by atoms with Crippen molar-refractivity contribution in [3.8, 4) is 11.8 Å². The molecule has 1 heterocycles. The highest BCUT2D eigenvalue weighted by Crippen LogP contribution is 2.23. The summed E-state index contributed by atoms with van der Waals surface area (Å²) in [5.41, 5.74) is 6.97. The number of anilines is 1. The first kappa shape index (κ1) is 11.4. The number of nitrogens with zero attached hydrogens (tertiary/aromatic N) is 3. The quantitative estimate of drug-likeness (QED) is 0.845. The summed E-state index contributed by atoms with van der Waals surface area (Å²) in [5, 5.41) is 13.0. The van der Waals surface area contributed by atoms with E-state index in [9.17, 15) is 4.39 Å². The lowest BCUT2D eigenvalue weighted by atomic mass is 10.2. The number of aryl methyl sites for hydroxylation is 1. The monoisotopic (exact) mass is 250 g/mol. The molecule has 0 radical (unpaired) electrons. The lowest BCUT2D eigenvalue weighted by Crippen LogP contribution is -2.02. The highest BCUT2D eigenvalue weighted by molar-refractivity contribution is 6.30. The molecular weight excluding hydrogens is 243 g/mol. The van der Waals surface area contributed by atoms with Crippen LogP contribution in [-0.2, 0) is 0 Å². The Hall–Kier alpha value is -2.06. The van der Waals surface area contributed by atoms with Crippen LogP contribution in [0.1, 0.15) is 11.3 Å². The van der Waals surface area contributed by atoms with Gasteiger partial charge in [-0.3, -0.25) is 0 Å². The molecule has 0 aliphatic carbocycles. The van der Waals surface area contributed by atoms with E-state index >= 15 is 0 Å². The SMILES string of the molecule is Cc1nn(-c2ccc(Cl)c(F)c2)c(N)c1C#N. The number of nitrogen functional groups attached to an aromatic ring is 1. The maximum Gasteiger partial charge on any atom is 0.145 e. The zero-order valence-corrected chi connectivity index (χ0v) is 9.66. The van der Waals surface area contributed by atoms with Gasteiger partial charge in [-0.25, -0.2) is 9.07 Å². The first-order chi connectivity index (χ1) is 8.04. The van der Waals surface area contributed by atoms with Crippen molar-refractivity contribution in [2.24, 2.45) is 0 Å². The number of nitrogens with two attached hydrogens (primary N) is 1. The van der Waals surface area contributed by atoms with E-state index in [1.165, 1.54) is 16.8 Å². The third-order valence-corrected chi connectivity index (χ3v) is 2.66. The van der Waals surface area contributed by atoms with Gasteiger partial charge < -0.3 is 5.73 Å². The molecule has 0 unspecified atom stereocenters. The molecule has 0 bridgehead atoms. The Balaban J connectivity index is 2.62. The van der Waals surface area contributed by atoms with E-state index in [-0.39, 0.29) is 10.8 Å². The highest BCUT2D eigenvalue weighted by atomic mass is 35.5. The number of rotatable bonds is 1. The minimum absolute atomic E-state index is 0.0247. The molecule has 2 aromatic rings.